The second kappa shape index (κ2) is 6.13. The van der Waals surface area contributed by atoms with Crippen molar-refractivity contribution >= 4 is 0 Å². The molecule has 1 N–H and O–H groups in total. The average Bonchev–Trinajstić information content (AvgIpc) is 2.71. The molecule has 0 radical (unpaired) electrons. The Morgan fingerprint density at radius 2 is 2.05 bits per heavy atom. The van der Waals surface area contributed by atoms with E-state index in [0.29, 0.717) is 6.54 Å². The maximum Gasteiger partial charge on any atom is 0.140 e. The van der Waals surface area contributed by atoms with Crippen LogP contribution in [0.5, 0.6) is 0 Å². The summed E-state index contributed by atoms with van der Waals surface area (Å²) in [5.41, 5.74) is 1.11. The molecule has 2 fully saturated rings. The lowest BCUT2D eigenvalue weighted by Crippen LogP contribution is -2.42. The number of hydrogen-bond acceptors (Lipinski definition) is 3. The zero-order valence-electron chi connectivity index (χ0n) is 12.5. The van der Waals surface area contributed by atoms with E-state index < -0.39 is 5.82 Å². The smallest absolute Gasteiger partial charge is 0.140 e. The summed E-state index contributed by atoms with van der Waals surface area (Å²) >= 11 is 0. The number of nitrogens with one attached hydrogen (secondary N) is 1. The predicted molar refractivity (Wildman–Crippen MR) is 80.1 cm³/mol. The first-order chi connectivity index (χ1) is 10.2. The van der Waals surface area contributed by atoms with Crippen molar-refractivity contribution in [3.63, 3.8) is 0 Å². The van der Waals surface area contributed by atoms with E-state index in [1.807, 2.05) is 6.07 Å². The van der Waals surface area contributed by atoms with Crippen LogP contribution in [0.2, 0.25) is 0 Å². The Labute approximate surface area is 125 Å². The molecule has 2 aliphatic heterocycles. The van der Waals surface area contributed by atoms with E-state index in [4.69, 9.17) is 5.26 Å². The molecule has 0 saturated carbocycles. The molecule has 4 heteroatoms. The number of nitrogens with zero attached hydrogens (tertiary/aromatic N) is 2. The molecular formula is C17H22FN3. The summed E-state index contributed by atoms with van der Waals surface area (Å²) in [6.07, 6.45) is 5.27. The molecule has 2 bridgehead atoms. The van der Waals surface area contributed by atoms with E-state index >= 15 is 0 Å². The van der Waals surface area contributed by atoms with Gasteiger partial charge in [-0.1, -0.05) is 6.07 Å². The van der Waals surface area contributed by atoms with Gasteiger partial charge in [-0.2, -0.15) is 5.26 Å². The minimum absolute atomic E-state index is 0.131. The van der Waals surface area contributed by atoms with Crippen LogP contribution in [0.15, 0.2) is 18.2 Å². The third-order valence-electron chi connectivity index (χ3n) is 5.11. The molecule has 1 aromatic rings. The maximum absolute atomic E-state index is 13.3. The lowest BCUT2D eigenvalue weighted by atomic mass is 9.91. The van der Waals surface area contributed by atoms with Crippen LogP contribution in [-0.2, 0) is 6.54 Å². The molecule has 0 aliphatic carbocycles. The summed E-state index contributed by atoms with van der Waals surface area (Å²) in [6, 6.07) is 8.20. The first kappa shape index (κ1) is 14.5. The molecule has 2 unspecified atom stereocenters. The highest BCUT2D eigenvalue weighted by atomic mass is 19.1. The van der Waals surface area contributed by atoms with Crippen molar-refractivity contribution in [2.45, 2.75) is 44.3 Å². The third kappa shape index (κ3) is 3.09. The maximum atomic E-state index is 13.3. The van der Waals surface area contributed by atoms with Gasteiger partial charge in [0.05, 0.1) is 5.56 Å². The highest BCUT2D eigenvalue weighted by Gasteiger charge is 2.37. The molecule has 2 atom stereocenters. The SMILES string of the molecule is CN1C2CCC1CC(CNCc1ccc(F)c(C#N)c1)C2. The van der Waals surface area contributed by atoms with Gasteiger partial charge in [-0.05, 0) is 62.9 Å². The Balaban J connectivity index is 1.50. The van der Waals surface area contributed by atoms with Crippen molar-refractivity contribution in [2.75, 3.05) is 13.6 Å². The monoisotopic (exact) mass is 287 g/mol. The van der Waals surface area contributed by atoms with Gasteiger partial charge in [-0.3, -0.25) is 0 Å². The molecule has 0 aromatic heterocycles. The van der Waals surface area contributed by atoms with Gasteiger partial charge in [0.2, 0.25) is 0 Å². The first-order valence-corrected chi connectivity index (χ1v) is 7.78. The van der Waals surface area contributed by atoms with Crippen LogP contribution < -0.4 is 5.32 Å². The van der Waals surface area contributed by atoms with Crippen molar-refractivity contribution in [2.24, 2.45) is 5.92 Å². The lowest BCUT2D eigenvalue weighted by molar-refractivity contribution is 0.133. The molecule has 0 spiro atoms. The summed E-state index contributed by atoms with van der Waals surface area (Å²) < 4.78 is 13.3. The number of hydrogen-bond donors (Lipinski definition) is 1. The molecule has 3 rings (SSSR count). The average molecular weight is 287 g/mol. The highest BCUT2D eigenvalue weighted by Crippen LogP contribution is 2.37. The topological polar surface area (TPSA) is 39.1 Å². The van der Waals surface area contributed by atoms with Crippen LogP contribution >= 0.6 is 0 Å². The van der Waals surface area contributed by atoms with Crippen molar-refractivity contribution in [3.8, 4) is 6.07 Å². The number of piperidine rings is 1. The summed E-state index contributed by atoms with van der Waals surface area (Å²) in [4.78, 5) is 2.55. The minimum Gasteiger partial charge on any atom is -0.312 e. The minimum atomic E-state index is -0.437. The number of rotatable bonds is 4. The summed E-state index contributed by atoms with van der Waals surface area (Å²) in [5, 5.41) is 12.3. The van der Waals surface area contributed by atoms with Crippen LogP contribution in [0.1, 0.15) is 36.8 Å². The van der Waals surface area contributed by atoms with Gasteiger partial charge < -0.3 is 10.2 Å². The van der Waals surface area contributed by atoms with E-state index in [1.54, 1.807) is 12.1 Å². The molecular weight excluding hydrogens is 265 g/mol. The van der Waals surface area contributed by atoms with Crippen LogP contribution in [0.4, 0.5) is 4.39 Å². The van der Waals surface area contributed by atoms with Gasteiger partial charge in [-0.15, -0.1) is 0 Å². The van der Waals surface area contributed by atoms with Crippen LogP contribution in [0.25, 0.3) is 0 Å². The van der Waals surface area contributed by atoms with Crippen molar-refractivity contribution < 1.29 is 4.39 Å². The van der Waals surface area contributed by atoms with Gasteiger partial charge >= 0.3 is 0 Å². The molecule has 1 aromatic carbocycles. The van der Waals surface area contributed by atoms with Crippen LogP contribution in [0.3, 0.4) is 0 Å². The van der Waals surface area contributed by atoms with Gasteiger partial charge in [0.1, 0.15) is 11.9 Å². The first-order valence-electron chi connectivity index (χ1n) is 7.78. The van der Waals surface area contributed by atoms with E-state index in [0.717, 1.165) is 30.1 Å². The van der Waals surface area contributed by atoms with E-state index in [1.165, 1.54) is 31.7 Å². The fourth-order valence-electron chi connectivity index (χ4n) is 3.88. The largest absolute Gasteiger partial charge is 0.312 e. The van der Waals surface area contributed by atoms with Crippen molar-refractivity contribution in [1.29, 1.82) is 5.26 Å². The Morgan fingerprint density at radius 1 is 1.33 bits per heavy atom. The van der Waals surface area contributed by atoms with Gasteiger partial charge in [0, 0.05) is 18.6 Å². The highest BCUT2D eigenvalue weighted by molar-refractivity contribution is 5.34. The molecule has 2 aliphatic rings. The second-order valence-corrected chi connectivity index (χ2v) is 6.44. The normalized spacial score (nSPS) is 28.5. The molecule has 2 saturated heterocycles. The molecule has 112 valence electrons. The Morgan fingerprint density at radius 3 is 2.71 bits per heavy atom. The fraction of sp³-hybridized carbons (Fsp3) is 0.588. The zero-order valence-corrected chi connectivity index (χ0v) is 12.5. The molecule has 2 heterocycles. The van der Waals surface area contributed by atoms with Crippen LogP contribution in [0, 0.1) is 23.1 Å². The van der Waals surface area contributed by atoms with Crippen molar-refractivity contribution in [3.05, 3.63) is 35.1 Å². The van der Waals surface area contributed by atoms with Gasteiger partial charge in [-0.25, -0.2) is 4.39 Å². The summed E-state index contributed by atoms with van der Waals surface area (Å²) in [7, 11) is 2.26. The Bertz CT molecular complexity index is 537. The number of benzene rings is 1. The van der Waals surface area contributed by atoms with Gasteiger partial charge in [0.15, 0.2) is 0 Å². The number of halogens is 1. The lowest BCUT2D eigenvalue weighted by Gasteiger charge is -2.36. The second-order valence-electron chi connectivity index (χ2n) is 6.44. The zero-order chi connectivity index (χ0) is 14.8. The third-order valence-corrected chi connectivity index (χ3v) is 5.11. The molecule has 0 amide bonds. The molecule has 3 nitrogen and oxygen atoms in total. The standard InChI is InChI=1S/C17H22FN3/c1-21-15-3-4-16(21)8-13(7-15)11-20-10-12-2-5-17(18)14(6-12)9-19/h2,5-6,13,15-16,20H,3-4,7-8,10-11H2,1H3. The summed E-state index contributed by atoms with van der Waals surface area (Å²) in [6.45, 7) is 1.72. The van der Waals surface area contributed by atoms with E-state index in [-0.39, 0.29) is 5.56 Å². The fourth-order valence-corrected chi connectivity index (χ4v) is 3.88. The Hall–Kier alpha value is -1.44. The number of fused-ring (bicyclic) bond motifs is 2. The predicted octanol–water partition coefficient (Wildman–Crippen LogP) is 2.66. The Kier molecular flexibility index (Phi) is 4.23. The van der Waals surface area contributed by atoms with Crippen molar-refractivity contribution in [1.82, 2.24) is 10.2 Å². The quantitative estimate of drug-likeness (QED) is 0.925. The van der Waals surface area contributed by atoms with E-state index in [2.05, 4.69) is 17.3 Å². The molecule has 21 heavy (non-hydrogen) atoms. The van der Waals surface area contributed by atoms with E-state index in [9.17, 15) is 4.39 Å². The van der Waals surface area contributed by atoms with Gasteiger partial charge in [0.25, 0.3) is 0 Å². The van der Waals surface area contributed by atoms with Crippen LogP contribution in [-0.4, -0.2) is 30.6 Å². The number of nitriles is 1. The summed E-state index contributed by atoms with van der Waals surface area (Å²) in [5.74, 6) is 0.308.